The number of aryl methyl sites for hydroxylation is 1. The summed E-state index contributed by atoms with van der Waals surface area (Å²) in [5.74, 6) is -0.213. The van der Waals surface area contributed by atoms with Gasteiger partial charge in [-0.1, -0.05) is 35.9 Å². The van der Waals surface area contributed by atoms with E-state index in [1.165, 1.54) is 5.56 Å². The third kappa shape index (κ3) is 2.91. The van der Waals surface area contributed by atoms with Gasteiger partial charge in [-0.05, 0) is 35.4 Å². The van der Waals surface area contributed by atoms with Crippen LogP contribution in [0.15, 0.2) is 41.8 Å². The van der Waals surface area contributed by atoms with Crippen LogP contribution in [0.3, 0.4) is 0 Å². The first-order valence-corrected chi connectivity index (χ1v) is 7.77. The van der Waals surface area contributed by atoms with Crippen molar-refractivity contribution in [3.05, 3.63) is 63.1 Å². The molecule has 1 amide bonds. The van der Waals surface area contributed by atoms with Gasteiger partial charge in [-0.2, -0.15) is 0 Å². The van der Waals surface area contributed by atoms with Crippen molar-refractivity contribution >= 4 is 39.6 Å². The minimum absolute atomic E-state index is 0.213. The van der Waals surface area contributed by atoms with E-state index in [0.717, 1.165) is 15.6 Å². The number of rotatable bonds is 3. The molecule has 0 saturated heterocycles. The zero-order valence-corrected chi connectivity index (χ0v) is 13.0. The molecular weight excluding hydrogens is 304 g/mol. The third-order valence-electron chi connectivity index (χ3n) is 3.30. The van der Waals surface area contributed by atoms with Gasteiger partial charge in [0.2, 0.25) is 0 Å². The normalized spacial score (nSPS) is 10.8. The number of benzene rings is 1. The molecule has 1 aromatic carbocycles. The molecule has 21 heavy (non-hydrogen) atoms. The van der Waals surface area contributed by atoms with Crippen LogP contribution in [0.5, 0.6) is 0 Å². The topological polar surface area (TPSA) is 42.0 Å². The molecular formula is C16H13ClN2OS. The van der Waals surface area contributed by atoms with Crippen molar-refractivity contribution in [3.63, 3.8) is 0 Å². The lowest BCUT2D eigenvalue weighted by Crippen LogP contribution is -2.23. The molecule has 0 bridgehead atoms. The van der Waals surface area contributed by atoms with E-state index in [1.807, 2.05) is 42.6 Å². The van der Waals surface area contributed by atoms with E-state index in [9.17, 15) is 4.79 Å². The molecule has 0 aliphatic carbocycles. The SMILES string of the molecule is Cc1ccsc1CNC(=O)c1cc2ccccc2c(Cl)n1. The lowest BCUT2D eigenvalue weighted by Gasteiger charge is -2.06. The number of pyridine rings is 1. The average Bonchev–Trinajstić information content (AvgIpc) is 2.90. The third-order valence-corrected chi connectivity index (χ3v) is 4.62. The molecule has 0 spiro atoms. The smallest absolute Gasteiger partial charge is 0.270 e. The van der Waals surface area contributed by atoms with Crippen LogP contribution in [0, 0.1) is 6.92 Å². The van der Waals surface area contributed by atoms with Gasteiger partial charge >= 0.3 is 0 Å². The Morgan fingerprint density at radius 3 is 2.90 bits per heavy atom. The lowest BCUT2D eigenvalue weighted by molar-refractivity contribution is 0.0946. The zero-order chi connectivity index (χ0) is 14.8. The second kappa shape index (κ2) is 5.84. The average molecular weight is 317 g/mol. The van der Waals surface area contributed by atoms with Crippen molar-refractivity contribution in [1.29, 1.82) is 0 Å². The minimum atomic E-state index is -0.213. The number of fused-ring (bicyclic) bond motifs is 1. The molecule has 0 aliphatic heterocycles. The highest BCUT2D eigenvalue weighted by Gasteiger charge is 2.11. The Labute approximate surface area is 131 Å². The van der Waals surface area contributed by atoms with Crippen LogP contribution >= 0.6 is 22.9 Å². The van der Waals surface area contributed by atoms with E-state index in [-0.39, 0.29) is 5.91 Å². The van der Waals surface area contributed by atoms with Gasteiger partial charge < -0.3 is 5.32 Å². The van der Waals surface area contributed by atoms with Crippen molar-refractivity contribution in [3.8, 4) is 0 Å². The Morgan fingerprint density at radius 1 is 1.33 bits per heavy atom. The first-order chi connectivity index (χ1) is 10.1. The Kier molecular flexibility index (Phi) is 3.90. The number of hydrogen-bond donors (Lipinski definition) is 1. The Bertz CT molecular complexity index is 813. The highest BCUT2D eigenvalue weighted by atomic mass is 35.5. The maximum atomic E-state index is 12.2. The van der Waals surface area contributed by atoms with Crippen LogP contribution in [0.2, 0.25) is 5.15 Å². The van der Waals surface area contributed by atoms with Crippen molar-refractivity contribution in [2.24, 2.45) is 0 Å². The van der Waals surface area contributed by atoms with Crippen LogP contribution in [0.25, 0.3) is 10.8 Å². The first kappa shape index (κ1) is 14.0. The summed E-state index contributed by atoms with van der Waals surface area (Å²) in [6, 6.07) is 11.4. The Morgan fingerprint density at radius 2 is 2.14 bits per heavy atom. The molecule has 106 valence electrons. The number of carbonyl (C=O) groups excluding carboxylic acids is 1. The van der Waals surface area contributed by atoms with Gasteiger partial charge in [0.05, 0.1) is 6.54 Å². The fourth-order valence-electron chi connectivity index (χ4n) is 2.11. The quantitative estimate of drug-likeness (QED) is 0.736. The molecule has 0 saturated carbocycles. The number of thiophene rings is 1. The van der Waals surface area contributed by atoms with Crippen molar-refractivity contribution in [2.45, 2.75) is 13.5 Å². The fourth-order valence-corrected chi connectivity index (χ4v) is 3.22. The minimum Gasteiger partial charge on any atom is -0.346 e. The molecule has 1 N–H and O–H groups in total. The zero-order valence-electron chi connectivity index (χ0n) is 11.4. The second-order valence-electron chi connectivity index (χ2n) is 4.73. The van der Waals surface area contributed by atoms with E-state index in [2.05, 4.69) is 10.3 Å². The molecule has 0 atom stereocenters. The van der Waals surface area contributed by atoms with Crippen LogP contribution in [0.4, 0.5) is 0 Å². The number of halogens is 1. The summed E-state index contributed by atoms with van der Waals surface area (Å²) in [7, 11) is 0. The summed E-state index contributed by atoms with van der Waals surface area (Å²) in [4.78, 5) is 17.5. The molecule has 3 rings (SSSR count). The molecule has 3 nitrogen and oxygen atoms in total. The van der Waals surface area contributed by atoms with Crippen molar-refractivity contribution in [2.75, 3.05) is 0 Å². The lowest BCUT2D eigenvalue weighted by atomic mass is 10.1. The van der Waals surface area contributed by atoms with Gasteiger partial charge in [0.1, 0.15) is 10.8 Å². The fraction of sp³-hybridized carbons (Fsp3) is 0.125. The molecule has 2 aromatic heterocycles. The van der Waals surface area contributed by atoms with Crippen LogP contribution in [-0.2, 0) is 6.54 Å². The van der Waals surface area contributed by atoms with Gasteiger partial charge in [-0.25, -0.2) is 4.98 Å². The van der Waals surface area contributed by atoms with Crippen LogP contribution in [0.1, 0.15) is 20.9 Å². The van der Waals surface area contributed by atoms with E-state index in [0.29, 0.717) is 17.4 Å². The largest absolute Gasteiger partial charge is 0.346 e. The van der Waals surface area contributed by atoms with Gasteiger partial charge in [0, 0.05) is 10.3 Å². The van der Waals surface area contributed by atoms with Gasteiger partial charge in [0.15, 0.2) is 0 Å². The summed E-state index contributed by atoms with van der Waals surface area (Å²) in [6.45, 7) is 2.54. The van der Waals surface area contributed by atoms with Crippen LogP contribution < -0.4 is 5.32 Å². The highest BCUT2D eigenvalue weighted by Crippen LogP contribution is 2.22. The van der Waals surface area contributed by atoms with E-state index in [4.69, 9.17) is 11.6 Å². The maximum Gasteiger partial charge on any atom is 0.270 e. The summed E-state index contributed by atoms with van der Waals surface area (Å²) >= 11 is 7.77. The molecule has 3 aromatic rings. The maximum absolute atomic E-state index is 12.2. The Hall–Kier alpha value is -1.91. The summed E-state index contributed by atoms with van der Waals surface area (Å²) in [5, 5.41) is 7.02. The first-order valence-electron chi connectivity index (χ1n) is 6.51. The molecule has 0 fully saturated rings. The monoisotopic (exact) mass is 316 g/mol. The molecule has 5 heteroatoms. The standard InChI is InChI=1S/C16H13ClN2OS/c1-10-6-7-21-14(10)9-18-16(20)13-8-11-4-2-3-5-12(11)15(17)19-13/h2-8H,9H2,1H3,(H,18,20). The van der Waals surface area contributed by atoms with Crippen LogP contribution in [-0.4, -0.2) is 10.9 Å². The number of amides is 1. The summed E-state index contributed by atoms with van der Waals surface area (Å²) < 4.78 is 0. The van der Waals surface area contributed by atoms with Crippen molar-refractivity contribution in [1.82, 2.24) is 10.3 Å². The molecule has 0 unspecified atom stereocenters. The molecule has 0 aliphatic rings. The predicted molar refractivity (Wildman–Crippen MR) is 87.0 cm³/mol. The van der Waals surface area contributed by atoms with E-state index in [1.54, 1.807) is 17.4 Å². The molecule has 0 radical (unpaired) electrons. The summed E-state index contributed by atoms with van der Waals surface area (Å²) in [5.41, 5.74) is 1.53. The van der Waals surface area contributed by atoms with Gasteiger partial charge in [-0.3, -0.25) is 4.79 Å². The van der Waals surface area contributed by atoms with Gasteiger partial charge in [-0.15, -0.1) is 11.3 Å². The number of carbonyl (C=O) groups is 1. The summed E-state index contributed by atoms with van der Waals surface area (Å²) in [6.07, 6.45) is 0. The van der Waals surface area contributed by atoms with E-state index >= 15 is 0 Å². The predicted octanol–water partition coefficient (Wildman–Crippen LogP) is 4.19. The van der Waals surface area contributed by atoms with Gasteiger partial charge in [0.25, 0.3) is 5.91 Å². The number of nitrogens with one attached hydrogen (secondary N) is 1. The highest BCUT2D eigenvalue weighted by molar-refractivity contribution is 7.10. The second-order valence-corrected chi connectivity index (χ2v) is 6.09. The number of nitrogens with zero attached hydrogens (tertiary/aromatic N) is 1. The Balaban J connectivity index is 1.83. The van der Waals surface area contributed by atoms with E-state index < -0.39 is 0 Å². The number of aromatic nitrogens is 1. The molecule has 2 heterocycles. The number of hydrogen-bond acceptors (Lipinski definition) is 3. The van der Waals surface area contributed by atoms with Crippen molar-refractivity contribution < 1.29 is 4.79 Å².